The van der Waals surface area contributed by atoms with E-state index in [0.717, 1.165) is 43.2 Å². The number of aliphatic carboxylic acids is 1. The number of fused-ring (bicyclic) bond motifs is 1. The summed E-state index contributed by atoms with van der Waals surface area (Å²) in [5.41, 5.74) is 1.70. The molecule has 4 heteroatoms. The molecule has 0 fully saturated rings. The van der Waals surface area contributed by atoms with Crippen LogP contribution in [0.25, 0.3) is 0 Å². The van der Waals surface area contributed by atoms with Crippen molar-refractivity contribution in [3.05, 3.63) is 59.7 Å². The van der Waals surface area contributed by atoms with Crippen LogP contribution in [0.2, 0.25) is 0 Å². The molecule has 1 aromatic carbocycles. The van der Waals surface area contributed by atoms with Crippen molar-refractivity contribution in [2.24, 2.45) is 0 Å². The smallest absolute Gasteiger partial charge is 0.331 e. The molecule has 0 saturated carbocycles. The van der Waals surface area contributed by atoms with Crippen LogP contribution in [0.4, 0.5) is 0 Å². The number of carbonyl (C=O) groups is 2. The summed E-state index contributed by atoms with van der Waals surface area (Å²) >= 11 is 0. The summed E-state index contributed by atoms with van der Waals surface area (Å²) < 4.78 is 0. The molecular formula is C27H39NO3. The van der Waals surface area contributed by atoms with Crippen LogP contribution in [0.5, 0.6) is 0 Å². The third-order valence-electron chi connectivity index (χ3n) is 5.90. The molecule has 4 nitrogen and oxygen atoms in total. The van der Waals surface area contributed by atoms with E-state index in [9.17, 15) is 14.7 Å². The second-order valence-corrected chi connectivity index (χ2v) is 8.44. The van der Waals surface area contributed by atoms with E-state index >= 15 is 0 Å². The Morgan fingerprint density at radius 1 is 0.935 bits per heavy atom. The highest BCUT2D eigenvalue weighted by Crippen LogP contribution is 2.34. The second kappa shape index (κ2) is 14.6. The number of amides is 1. The molecule has 1 atom stereocenters. The van der Waals surface area contributed by atoms with Crippen LogP contribution in [0.1, 0.15) is 101 Å². The van der Waals surface area contributed by atoms with Gasteiger partial charge >= 0.3 is 5.97 Å². The van der Waals surface area contributed by atoms with Gasteiger partial charge in [-0.2, -0.15) is 0 Å². The molecule has 1 N–H and O–H groups in total. The lowest BCUT2D eigenvalue weighted by molar-refractivity contribution is -0.150. The Kier molecular flexibility index (Phi) is 11.7. The number of rotatable bonds is 15. The van der Waals surface area contributed by atoms with E-state index in [1.807, 2.05) is 24.3 Å². The molecule has 0 saturated heterocycles. The summed E-state index contributed by atoms with van der Waals surface area (Å²) in [7, 11) is 0. The monoisotopic (exact) mass is 425 g/mol. The maximum atomic E-state index is 12.6. The fraction of sp³-hybridized carbons (Fsp3) is 0.556. The molecule has 0 bridgehead atoms. The second-order valence-electron chi connectivity index (χ2n) is 8.44. The molecule has 1 aliphatic heterocycles. The highest BCUT2D eigenvalue weighted by molar-refractivity contribution is 5.86. The number of hydrogen-bond donors (Lipinski definition) is 1. The van der Waals surface area contributed by atoms with E-state index in [2.05, 4.69) is 31.2 Å². The van der Waals surface area contributed by atoms with Crippen molar-refractivity contribution >= 4 is 11.9 Å². The number of hydrogen-bond acceptors (Lipinski definition) is 2. The number of allylic oxidation sites excluding steroid dienone is 4. The number of carboxylic acids is 1. The Labute approximate surface area is 188 Å². The highest BCUT2D eigenvalue weighted by Gasteiger charge is 2.37. The minimum atomic E-state index is -0.946. The Morgan fingerprint density at radius 3 is 2.29 bits per heavy atom. The molecule has 1 amide bonds. The van der Waals surface area contributed by atoms with Gasteiger partial charge < -0.3 is 10.0 Å². The Balaban J connectivity index is 1.53. The largest absolute Gasteiger partial charge is 0.479 e. The first-order valence-electron chi connectivity index (χ1n) is 12.0. The molecule has 0 aliphatic carbocycles. The number of carbonyl (C=O) groups excluding carboxylic acids is 1. The van der Waals surface area contributed by atoms with Gasteiger partial charge in [-0.3, -0.25) is 4.79 Å². The van der Waals surface area contributed by atoms with Crippen LogP contribution in [0.15, 0.2) is 48.6 Å². The van der Waals surface area contributed by atoms with Crippen LogP contribution in [0, 0.1) is 0 Å². The van der Waals surface area contributed by atoms with Gasteiger partial charge in [-0.25, -0.2) is 4.79 Å². The van der Waals surface area contributed by atoms with Crippen LogP contribution in [-0.2, 0) is 16.1 Å². The van der Waals surface area contributed by atoms with E-state index in [-0.39, 0.29) is 5.91 Å². The standard InChI is InChI=1S/C27H39NO3/c1-2-3-4-5-6-7-8-9-10-11-12-13-14-15-16-21-25(29)28-22-23-19-17-18-20-24(23)26(28)27(30)31/h6-7,9-10,17-20,26H,2-5,8,11-16,21-22H2,1H3,(H,30,31)/b7-6-,10-9-/t26-/m0/s1. The van der Waals surface area contributed by atoms with E-state index in [4.69, 9.17) is 0 Å². The third-order valence-corrected chi connectivity index (χ3v) is 5.90. The molecular weight excluding hydrogens is 386 g/mol. The molecule has 1 aliphatic rings. The normalized spacial score (nSPS) is 15.8. The molecule has 170 valence electrons. The first kappa shape index (κ1) is 24.9. The molecule has 1 heterocycles. The lowest BCUT2D eigenvalue weighted by Crippen LogP contribution is -2.33. The van der Waals surface area contributed by atoms with E-state index < -0.39 is 12.0 Å². The summed E-state index contributed by atoms with van der Waals surface area (Å²) in [6, 6.07) is 6.63. The SMILES string of the molecule is CCCCC/C=C\C/C=C\CCCCCCCC(=O)N1Cc2ccccc2[C@H]1C(=O)O. The van der Waals surface area contributed by atoms with Gasteiger partial charge in [0, 0.05) is 13.0 Å². The Hall–Kier alpha value is -2.36. The van der Waals surface area contributed by atoms with Gasteiger partial charge in [-0.1, -0.05) is 87.6 Å². The van der Waals surface area contributed by atoms with E-state index in [1.165, 1.54) is 43.4 Å². The van der Waals surface area contributed by atoms with Gasteiger partial charge in [-0.05, 0) is 49.7 Å². The average Bonchev–Trinajstić information content (AvgIpc) is 3.16. The van der Waals surface area contributed by atoms with Crippen molar-refractivity contribution in [3.63, 3.8) is 0 Å². The van der Waals surface area contributed by atoms with Crippen LogP contribution in [0.3, 0.4) is 0 Å². The minimum absolute atomic E-state index is 0.0470. The number of carboxylic acid groups (broad SMARTS) is 1. The lowest BCUT2D eigenvalue weighted by Gasteiger charge is -2.22. The number of unbranched alkanes of at least 4 members (excludes halogenated alkanes) is 8. The Bertz CT molecular complexity index is 738. The average molecular weight is 426 g/mol. The van der Waals surface area contributed by atoms with E-state index in [1.54, 1.807) is 0 Å². The fourth-order valence-corrected chi connectivity index (χ4v) is 4.12. The molecule has 0 unspecified atom stereocenters. The van der Waals surface area contributed by atoms with Gasteiger partial charge in [0.25, 0.3) is 0 Å². The van der Waals surface area contributed by atoms with Crippen LogP contribution < -0.4 is 0 Å². The zero-order valence-electron chi connectivity index (χ0n) is 19.1. The van der Waals surface area contributed by atoms with Gasteiger partial charge in [-0.15, -0.1) is 0 Å². The zero-order valence-corrected chi connectivity index (χ0v) is 19.1. The maximum Gasteiger partial charge on any atom is 0.331 e. The highest BCUT2D eigenvalue weighted by atomic mass is 16.4. The number of nitrogens with zero attached hydrogens (tertiary/aromatic N) is 1. The minimum Gasteiger partial charge on any atom is -0.479 e. The number of benzene rings is 1. The van der Waals surface area contributed by atoms with Crippen molar-refractivity contribution in [2.45, 2.75) is 96.6 Å². The summed E-state index contributed by atoms with van der Waals surface area (Å²) in [6.07, 6.45) is 22.1. The first-order chi connectivity index (χ1) is 15.1. The molecule has 31 heavy (non-hydrogen) atoms. The quantitative estimate of drug-likeness (QED) is 0.244. The molecule has 0 spiro atoms. The summed E-state index contributed by atoms with van der Waals surface area (Å²) in [4.78, 5) is 25.8. The predicted octanol–water partition coefficient (Wildman–Crippen LogP) is 6.97. The lowest BCUT2D eigenvalue weighted by atomic mass is 10.0. The van der Waals surface area contributed by atoms with E-state index in [0.29, 0.717) is 13.0 Å². The Morgan fingerprint density at radius 2 is 1.58 bits per heavy atom. The van der Waals surface area contributed by atoms with Gasteiger partial charge in [0.05, 0.1) is 0 Å². The van der Waals surface area contributed by atoms with Gasteiger partial charge in [0.2, 0.25) is 5.91 Å². The van der Waals surface area contributed by atoms with Crippen LogP contribution in [-0.4, -0.2) is 21.9 Å². The summed E-state index contributed by atoms with van der Waals surface area (Å²) in [5.74, 6) is -0.993. The fourth-order valence-electron chi connectivity index (χ4n) is 4.12. The first-order valence-corrected chi connectivity index (χ1v) is 12.0. The molecule has 0 radical (unpaired) electrons. The van der Waals surface area contributed by atoms with Gasteiger partial charge in [0.15, 0.2) is 6.04 Å². The van der Waals surface area contributed by atoms with Gasteiger partial charge in [0.1, 0.15) is 0 Å². The van der Waals surface area contributed by atoms with Crippen molar-refractivity contribution in [1.29, 1.82) is 0 Å². The van der Waals surface area contributed by atoms with Crippen molar-refractivity contribution in [2.75, 3.05) is 0 Å². The van der Waals surface area contributed by atoms with Crippen molar-refractivity contribution in [3.8, 4) is 0 Å². The van der Waals surface area contributed by atoms with Crippen molar-refractivity contribution < 1.29 is 14.7 Å². The summed E-state index contributed by atoms with van der Waals surface area (Å²) in [6.45, 7) is 2.64. The van der Waals surface area contributed by atoms with Crippen molar-refractivity contribution in [1.82, 2.24) is 4.90 Å². The topological polar surface area (TPSA) is 57.6 Å². The predicted molar refractivity (Wildman–Crippen MR) is 127 cm³/mol. The molecule has 2 rings (SSSR count). The maximum absolute atomic E-state index is 12.6. The zero-order chi connectivity index (χ0) is 22.3. The summed E-state index contributed by atoms with van der Waals surface area (Å²) in [5, 5.41) is 9.58. The molecule has 1 aromatic rings. The molecule has 0 aromatic heterocycles. The van der Waals surface area contributed by atoms with Crippen LogP contribution >= 0.6 is 0 Å². The third kappa shape index (κ3) is 8.72.